The van der Waals surface area contributed by atoms with Crippen LogP contribution in [0.15, 0.2) is 67.0 Å². The molecule has 1 saturated carbocycles. The van der Waals surface area contributed by atoms with Crippen LogP contribution in [0.1, 0.15) is 94.9 Å². The van der Waals surface area contributed by atoms with Crippen molar-refractivity contribution >= 4 is 51.9 Å². The molecule has 0 spiro atoms. The Morgan fingerprint density at radius 2 is 1.69 bits per heavy atom. The minimum atomic E-state index is -0.979. The van der Waals surface area contributed by atoms with Gasteiger partial charge >= 0.3 is 0 Å². The molecule has 4 aromatic rings. The summed E-state index contributed by atoms with van der Waals surface area (Å²) in [5.41, 5.74) is 3.19. The van der Waals surface area contributed by atoms with Crippen LogP contribution in [-0.4, -0.2) is 113 Å². The predicted molar refractivity (Wildman–Crippen MR) is 226 cm³/mol. The summed E-state index contributed by atoms with van der Waals surface area (Å²) in [6.45, 7) is 7.48. The van der Waals surface area contributed by atoms with Gasteiger partial charge in [-0.1, -0.05) is 0 Å². The summed E-state index contributed by atoms with van der Waals surface area (Å²) in [7, 11) is 0. The lowest BCUT2D eigenvalue weighted by atomic mass is 9.92. The maximum absolute atomic E-state index is 13.4. The van der Waals surface area contributed by atoms with Gasteiger partial charge in [-0.15, -0.1) is 0 Å². The van der Waals surface area contributed by atoms with Gasteiger partial charge in [0.1, 0.15) is 23.7 Å². The monoisotopic (exact) mass is 823 g/mol. The molecule has 15 nitrogen and oxygen atoms in total. The zero-order valence-electron chi connectivity index (χ0n) is 34.2. The lowest BCUT2D eigenvalue weighted by Gasteiger charge is -2.43. The van der Waals surface area contributed by atoms with Crippen LogP contribution in [0.3, 0.4) is 0 Å². The second-order valence-electron chi connectivity index (χ2n) is 17.0. The van der Waals surface area contributed by atoms with Crippen molar-refractivity contribution in [3.63, 3.8) is 0 Å². The molecular formula is C46H49N9O6. The van der Waals surface area contributed by atoms with Crippen molar-refractivity contribution < 1.29 is 28.7 Å². The molecule has 2 aromatic carbocycles. The van der Waals surface area contributed by atoms with Crippen molar-refractivity contribution in [3.05, 3.63) is 89.2 Å². The molecule has 1 unspecified atom stereocenters. The maximum Gasteiger partial charge on any atom is 0.262 e. The molecule has 15 heteroatoms. The first kappa shape index (κ1) is 40.0. The first-order chi connectivity index (χ1) is 29.6. The van der Waals surface area contributed by atoms with Gasteiger partial charge in [0.2, 0.25) is 11.8 Å². The van der Waals surface area contributed by atoms with E-state index in [1.807, 2.05) is 36.4 Å². The molecule has 61 heavy (non-hydrogen) atoms. The van der Waals surface area contributed by atoms with E-state index in [1.165, 1.54) is 0 Å². The molecule has 6 heterocycles. The van der Waals surface area contributed by atoms with Gasteiger partial charge in [-0.3, -0.25) is 44.1 Å². The predicted octanol–water partition coefficient (Wildman–Crippen LogP) is 4.45. The summed E-state index contributed by atoms with van der Waals surface area (Å²) in [5.74, 6) is 0.0686. The summed E-state index contributed by atoms with van der Waals surface area (Å²) in [6, 6.07) is 18.1. The number of nitrogens with zero attached hydrogens (tertiary/aromatic N) is 7. The number of hydrogen-bond donors (Lipinski definition) is 2. The minimum absolute atomic E-state index is 0.0254. The summed E-state index contributed by atoms with van der Waals surface area (Å²) in [4.78, 5) is 81.1. The van der Waals surface area contributed by atoms with Crippen LogP contribution in [0.2, 0.25) is 0 Å². The van der Waals surface area contributed by atoms with Crippen LogP contribution < -0.4 is 25.2 Å². The smallest absolute Gasteiger partial charge is 0.262 e. The quantitative estimate of drug-likeness (QED) is 0.227. The number of pyridine rings is 2. The van der Waals surface area contributed by atoms with Crippen molar-refractivity contribution in [2.24, 2.45) is 5.92 Å². The van der Waals surface area contributed by atoms with Gasteiger partial charge in [-0.05, 0) is 112 Å². The largest absolute Gasteiger partial charge is 0.490 e. The molecule has 3 saturated heterocycles. The van der Waals surface area contributed by atoms with Crippen LogP contribution in [0.25, 0.3) is 10.9 Å². The van der Waals surface area contributed by atoms with Crippen molar-refractivity contribution in [2.45, 2.75) is 82.5 Å². The second-order valence-corrected chi connectivity index (χ2v) is 17.0. The van der Waals surface area contributed by atoms with E-state index in [4.69, 9.17) is 9.72 Å². The number of carbonyl (C=O) groups is 5. The Morgan fingerprint density at radius 3 is 2.43 bits per heavy atom. The third-order valence-electron chi connectivity index (χ3n) is 13.1. The number of carbonyl (C=O) groups excluding carboxylic acids is 5. The van der Waals surface area contributed by atoms with Crippen LogP contribution in [0, 0.1) is 17.2 Å². The fraction of sp³-hybridized carbons (Fsp3) is 0.435. The highest BCUT2D eigenvalue weighted by molar-refractivity contribution is 6.23. The van der Waals surface area contributed by atoms with Crippen LogP contribution in [-0.2, 0) is 9.59 Å². The molecule has 0 radical (unpaired) electrons. The van der Waals surface area contributed by atoms with Crippen LogP contribution in [0.4, 0.5) is 11.5 Å². The molecule has 2 atom stereocenters. The van der Waals surface area contributed by atoms with Gasteiger partial charge in [0, 0.05) is 81.2 Å². The molecule has 4 aliphatic heterocycles. The number of aromatic nitrogens is 2. The zero-order valence-corrected chi connectivity index (χ0v) is 34.2. The average Bonchev–Trinajstić information content (AvgIpc) is 3.53. The highest BCUT2D eigenvalue weighted by Crippen LogP contribution is 2.33. The Balaban J connectivity index is 0.713. The molecule has 314 valence electrons. The van der Waals surface area contributed by atoms with E-state index in [-0.39, 0.29) is 36.9 Å². The number of anilines is 2. The average molecular weight is 824 g/mol. The first-order valence-electron chi connectivity index (χ1n) is 21.4. The molecule has 4 fully saturated rings. The van der Waals surface area contributed by atoms with E-state index in [0.717, 1.165) is 105 Å². The van der Waals surface area contributed by atoms with Crippen molar-refractivity contribution in [2.75, 3.05) is 49.1 Å². The molecule has 9 rings (SSSR count). The van der Waals surface area contributed by atoms with E-state index >= 15 is 0 Å². The Labute approximate surface area is 354 Å². The fourth-order valence-electron chi connectivity index (χ4n) is 9.65. The highest BCUT2D eigenvalue weighted by atomic mass is 16.5. The topological polar surface area (TPSA) is 181 Å². The lowest BCUT2D eigenvalue weighted by molar-refractivity contribution is -0.136. The van der Waals surface area contributed by atoms with Gasteiger partial charge < -0.3 is 19.9 Å². The van der Waals surface area contributed by atoms with E-state index in [9.17, 15) is 29.2 Å². The molecule has 2 aromatic heterocycles. The Morgan fingerprint density at radius 1 is 0.885 bits per heavy atom. The number of piperazine rings is 1. The molecule has 0 bridgehead atoms. The molecule has 5 aliphatic rings. The van der Waals surface area contributed by atoms with Gasteiger partial charge in [-0.2, -0.15) is 5.26 Å². The third kappa shape index (κ3) is 8.12. The Bertz CT molecular complexity index is 2420. The lowest BCUT2D eigenvalue weighted by Crippen LogP contribution is -2.54. The number of fused-ring (bicyclic) bond motifs is 2. The number of piperidine rings is 2. The molecule has 1 aliphatic carbocycles. The Kier molecular flexibility index (Phi) is 11.1. The van der Waals surface area contributed by atoms with Crippen LogP contribution >= 0.6 is 0 Å². The minimum Gasteiger partial charge on any atom is -0.490 e. The second kappa shape index (κ2) is 16.9. The normalized spacial score (nSPS) is 23.8. The fourth-order valence-corrected chi connectivity index (χ4v) is 9.65. The number of nitrogens with one attached hydrogen (secondary N) is 2. The number of benzene rings is 2. The van der Waals surface area contributed by atoms with Crippen LogP contribution in [0.5, 0.6) is 5.75 Å². The number of nitriles is 1. The van der Waals surface area contributed by atoms with E-state index in [0.29, 0.717) is 33.7 Å². The van der Waals surface area contributed by atoms with Gasteiger partial charge in [0.15, 0.2) is 0 Å². The summed E-state index contributed by atoms with van der Waals surface area (Å²) in [6.07, 6.45) is 8.95. The third-order valence-corrected chi connectivity index (χ3v) is 13.1. The van der Waals surface area contributed by atoms with E-state index in [2.05, 4.69) is 43.3 Å². The number of hydrogen-bond acceptors (Lipinski definition) is 12. The maximum atomic E-state index is 13.4. The first-order valence-corrected chi connectivity index (χ1v) is 21.4. The van der Waals surface area contributed by atoms with Gasteiger partial charge in [0.05, 0.1) is 33.9 Å². The molecule has 5 amide bonds. The van der Waals surface area contributed by atoms with E-state index in [1.54, 1.807) is 30.6 Å². The van der Waals surface area contributed by atoms with Crippen molar-refractivity contribution in [3.8, 4) is 11.8 Å². The van der Waals surface area contributed by atoms with E-state index < -0.39 is 29.7 Å². The Hall–Kier alpha value is -6.40. The number of imide groups is 2. The summed E-state index contributed by atoms with van der Waals surface area (Å²) < 4.78 is 6.37. The SMILES string of the molecule is C[C@@H]1CN(c2ccc3c(c2)C(=O)N(C2CCC(=O)NC2=O)C3=O)CCN1CC1CCN(c2ccc(C(=O)N[C@H]3CC[C@H](Oc4ccc(C#N)c5ncccc45)CC3)cn2)CC1. The van der Waals surface area contributed by atoms with Crippen molar-refractivity contribution in [1.82, 2.24) is 30.4 Å². The molecular weight excluding hydrogens is 775 g/mol. The standard InChI is InChI=1S/C46H49N9O6/c1-28-26-54(33-8-11-35-37(23-33)46(60)55(45(35)59)38-12-15-41(56)51-44(38)58)22-21-53(28)27-29-16-19-52(20-17-29)40-14-5-31(25-49-40)43(57)50-32-6-9-34(10-7-32)61-39-13-4-30(24-47)42-36(39)3-2-18-48-42/h2-5,8,11,13-14,18,23,25,28-29,32,34,38H,6-7,9-10,12,15-17,19-22,26-27H2,1H3,(H,50,57)(H,51,56,58)/t28-,32-,34-,38?/m1/s1. The highest BCUT2D eigenvalue weighted by Gasteiger charge is 2.45. The summed E-state index contributed by atoms with van der Waals surface area (Å²) >= 11 is 0. The molecule has 2 N–H and O–H groups in total. The zero-order chi connectivity index (χ0) is 42.2. The number of rotatable bonds is 9. The summed E-state index contributed by atoms with van der Waals surface area (Å²) in [5, 5.41) is 15.7. The van der Waals surface area contributed by atoms with Gasteiger partial charge in [0.25, 0.3) is 17.7 Å². The number of amides is 5. The number of ether oxygens (including phenoxy) is 1. The van der Waals surface area contributed by atoms with Crippen molar-refractivity contribution in [1.29, 1.82) is 5.26 Å². The van der Waals surface area contributed by atoms with Gasteiger partial charge in [-0.25, -0.2) is 4.98 Å².